The highest BCUT2D eigenvalue weighted by atomic mass is 16.3. The van der Waals surface area contributed by atoms with Crippen LogP contribution in [0, 0.1) is 28.6 Å². The van der Waals surface area contributed by atoms with E-state index < -0.39 is 5.60 Å². The molecule has 2 saturated carbocycles. The predicted octanol–water partition coefficient (Wildman–Crippen LogP) is 3.73. The standard InChI is InChI=1S/C20H31NO2/c1-18-10-9-17(22)21(4)16(18)6-5-13-14(18)7-11-19(2)15(13)8-12-20(19,3)23/h6,13-15,23H,5,7-12H2,1-4H3/t13-,14-,15+,18-,19+,20+/m0/s1. The summed E-state index contributed by atoms with van der Waals surface area (Å²) in [5.41, 5.74) is 1.00. The van der Waals surface area contributed by atoms with Gasteiger partial charge in [0, 0.05) is 24.6 Å². The van der Waals surface area contributed by atoms with Crippen LogP contribution in [0.25, 0.3) is 0 Å². The zero-order valence-corrected chi connectivity index (χ0v) is 15.1. The number of allylic oxidation sites excluding steroid dienone is 2. The van der Waals surface area contributed by atoms with Crippen LogP contribution < -0.4 is 0 Å². The van der Waals surface area contributed by atoms with Crippen LogP contribution in [0.5, 0.6) is 0 Å². The van der Waals surface area contributed by atoms with E-state index >= 15 is 0 Å². The second-order valence-electron chi connectivity index (χ2n) is 9.34. The summed E-state index contributed by atoms with van der Waals surface area (Å²) < 4.78 is 0. The van der Waals surface area contributed by atoms with E-state index in [9.17, 15) is 9.90 Å². The molecule has 3 nitrogen and oxygen atoms in total. The van der Waals surface area contributed by atoms with Crippen LogP contribution in [0.15, 0.2) is 11.8 Å². The minimum atomic E-state index is -0.507. The van der Waals surface area contributed by atoms with Crippen molar-refractivity contribution in [2.45, 2.75) is 71.3 Å². The molecule has 4 aliphatic rings. The first-order chi connectivity index (χ1) is 10.7. The van der Waals surface area contributed by atoms with Gasteiger partial charge in [0.2, 0.25) is 5.91 Å². The number of piperidine rings is 1. The van der Waals surface area contributed by atoms with E-state index in [1.165, 1.54) is 18.5 Å². The Morgan fingerprint density at radius 1 is 1.13 bits per heavy atom. The van der Waals surface area contributed by atoms with Crippen molar-refractivity contribution in [1.29, 1.82) is 0 Å². The topological polar surface area (TPSA) is 40.5 Å². The molecule has 3 heteroatoms. The summed E-state index contributed by atoms with van der Waals surface area (Å²) in [6.07, 6.45) is 9.58. The molecule has 0 aromatic carbocycles. The Bertz CT molecular complexity index is 580. The van der Waals surface area contributed by atoms with Crippen molar-refractivity contribution in [2.24, 2.45) is 28.6 Å². The Morgan fingerprint density at radius 2 is 1.83 bits per heavy atom. The quantitative estimate of drug-likeness (QED) is 0.739. The fourth-order valence-corrected chi connectivity index (χ4v) is 6.82. The predicted molar refractivity (Wildman–Crippen MR) is 90.5 cm³/mol. The van der Waals surface area contributed by atoms with Crippen molar-refractivity contribution in [3.8, 4) is 0 Å². The maximum absolute atomic E-state index is 12.1. The minimum absolute atomic E-state index is 0.0757. The Balaban J connectivity index is 1.72. The van der Waals surface area contributed by atoms with E-state index in [-0.39, 0.29) is 16.7 Å². The van der Waals surface area contributed by atoms with Crippen molar-refractivity contribution in [1.82, 2.24) is 4.90 Å². The molecule has 3 fully saturated rings. The van der Waals surface area contributed by atoms with Gasteiger partial charge in [-0.3, -0.25) is 4.79 Å². The average Bonchev–Trinajstić information content (AvgIpc) is 2.74. The first-order valence-electron chi connectivity index (χ1n) is 9.40. The van der Waals surface area contributed by atoms with E-state index in [0.29, 0.717) is 24.2 Å². The lowest BCUT2D eigenvalue weighted by molar-refractivity contribution is -0.139. The van der Waals surface area contributed by atoms with Crippen LogP contribution >= 0.6 is 0 Å². The number of carbonyl (C=O) groups excluding carboxylic acids is 1. The second-order valence-corrected chi connectivity index (χ2v) is 9.34. The Morgan fingerprint density at radius 3 is 2.57 bits per heavy atom. The van der Waals surface area contributed by atoms with Crippen LogP contribution in [0.1, 0.15) is 65.7 Å². The number of rotatable bonds is 0. The Hall–Kier alpha value is -0.830. The van der Waals surface area contributed by atoms with Crippen LogP contribution in [0.4, 0.5) is 0 Å². The van der Waals surface area contributed by atoms with E-state index in [4.69, 9.17) is 0 Å². The van der Waals surface area contributed by atoms with Crippen LogP contribution in [0.3, 0.4) is 0 Å². The van der Waals surface area contributed by atoms with E-state index in [1.807, 2.05) is 11.9 Å². The van der Waals surface area contributed by atoms with Gasteiger partial charge in [0.25, 0.3) is 0 Å². The van der Waals surface area contributed by atoms with Crippen LogP contribution in [0.2, 0.25) is 0 Å². The molecule has 1 amide bonds. The summed E-state index contributed by atoms with van der Waals surface area (Å²) in [4.78, 5) is 14.1. The van der Waals surface area contributed by atoms with Gasteiger partial charge >= 0.3 is 0 Å². The molecule has 0 aromatic rings. The van der Waals surface area contributed by atoms with Gasteiger partial charge in [0.1, 0.15) is 0 Å². The maximum atomic E-state index is 12.1. The number of hydrogen-bond acceptors (Lipinski definition) is 2. The van der Waals surface area contributed by atoms with Crippen molar-refractivity contribution >= 4 is 5.91 Å². The molecule has 0 aromatic heterocycles. The monoisotopic (exact) mass is 317 g/mol. The molecule has 4 rings (SSSR count). The van der Waals surface area contributed by atoms with Crippen molar-refractivity contribution in [3.05, 3.63) is 11.8 Å². The smallest absolute Gasteiger partial charge is 0.226 e. The summed E-state index contributed by atoms with van der Waals surface area (Å²) >= 11 is 0. The van der Waals surface area contributed by atoms with Gasteiger partial charge in [0.15, 0.2) is 0 Å². The molecular formula is C20H31NO2. The minimum Gasteiger partial charge on any atom is -0.390 e. The van der Waals surface area contributed by atoms with E-state index in [0.717, 1.165) is 25.7 Å². The molecule has 23 heavy (non-hydrogen) atoms. The third-order valence-corrected chi connectivity index (χ3v) is 8.58. The summed E-state index contributed by atoms with van der Waals surface area (Å²) in [7, 11) is 1.96. The average molecular weight is 317 g/mol. The molecule has 1 N–H and O–H groups in total. The molecule has 1 aliphatic heterocycles. The van der Waals surface area contributed by atoms with Gasteiger partial charge < -0.3 is 10.0 Å². The van der Waals surface area contributed by atoms with Gasteiger partial charge in [-0.25, -0.2) is 0 Å². The zero-order valence-electron chi connectivity index (χ0n) is 15.1. The molecule has 0 radical (unpaired) electrons. The van der Waals surface area contributed by atoms with Gasteiger partial charge in [-0.2, -0.15) is 0 Å². The lowest BCUT2D eigenvalue weighted by Gasteiger charge is -2.59. The molecule has 0 spiro atoms. The maximum Gasteiger partial charge on any atom is 0.226 e. The fourth-order valence-electron chi connectivity index (χ4n) is 6.82. The third-order valence-electron chi connectivity index (χ3n) is 8.58. The summed E-state index contributed by atoms with van der Waals surface area (Å²) in [5.74, 6) is 2.26. The molecular weight excluding hydrogens is 286 g/mol. The number of amides is 1. The van der Waals surface area contributed by atoms with Gasteiger partial charge in [-0.15, -0.1) is 0 Å². The Labute approximate surface area is 140 Å². The number of fused-ring (bicyclic) bond motifs is 5. The van der Waals surface area contributed by atoms with Gasteiger partial charge in [0.05, 0.1) is 5.60 Å². The lowest BCUT2D eigenvalue weighted by atomic mass is 9.48. The van der Waals surface area contributed by atoms with Gasteiger partial charge in [-0.05, 0) is 68.6 Å². The highest BCUT2D eigenvalue weighted by molar-refractivity contribution is 5.79. The number of nitrogens with zero attached hydrogens (tertiary/aromatic N) is 1. The van der Waals surface area contributed by atoms with Crippen molar-refractivity contribution in [2.75, 3.05) is 7.05 Å². The lowest BCUT2D eigenvalue weighted by Crippen LogP contribution is -2.55. The first kappa shape index (κ1) is 15.7. The molecule has 6 atom stereocenters. The van der Waals surface area contributed by atoms with Gasteiger partial charge in [-0.1, -0.05) is 19.9 Å². The third kappa shape index (κ3) is 1.83. The molecule has 0 unspecified atom stereocenters. The number of hydrogen-bond donors (Lipinski definition) is 1. The zero-order chi connectivity index (χ0) is 16.6. The Kier molecular flexibility index (Phi) is 3.15. The second kappa shape index (κ2) is 4.62. The molecule has 0 bridgehead atoms. The largest absolute Gasteiger partial charge is 0.390 e. The van der Waals surface area contributed by atoms with Crippen LogP contribution in [-0.2, 0) is 4.79 Å². The van der Waals surface area contributed by atoms with E-state index in [2.05, 4.69) is 26.8 Å². The molecule has 1 heterocycles. The normalized spacial score (nSPS) is 52.6. The summed E-state index contributed by atoms with van der Waals surface area (Å²) in [6, 6.07) is 0. The molecule has 1 saturated heterocycles. The number of aliphatic hydroxyl groups is 1. The summed E-state index contributed by atoms with van der Waals surface area (Å²) in [5, 5.41) is 10.9. The van der Waals surface area contributed by atoms with Crippen molar-refractivity contribution in [3.63, 3.8) is 0 Å². The SMILES string of the molecule is CN1C(=O)CC[C@]2(C)C1=CC[C@@H]1[C@H]3CC[C@@](C)(O)[C@]3(C)CC[C@@H]12. The first-order valence-corrected chi connectivity index (χ1v) is 9.40. The molecule has 3 aliphatic carbocycles. The van der Waals surface area contributed by atoms with E-state index in [1.54, 1.807) is 0 Å². The van der Waals surface area contributed by atoms with Crippen molar-refractivity contribution < 1.29 is 9.90 Å². The summed E-state index contributed by atoms with van der Waals surface area (Å²) in [6.45, 7) is 6.79. The highest BCUT2D eigenvalue weighted by Crippen LogP contribution is 2.66. The number of carbonyl (C=O) groups is 1. The number of likely N-dealkylation sites (tertiary alicyclic amines) is 1. The van der Waals surface area contributed by atoms with Crippen LogP contribution in [-0.4, -0.2) is 28.6 Å². The molecule has 128 valence electrons. The fraction of sp³-hybridized carbons (Fsp3) is 0.850. The highest BCUT2D eigenvalue weighted by Gasteiger charge is 2.62.